The van der Waals surface area contributed by atoms with Crippen LogP contribution in [0.1, 0.15) is 65.7 Å². The summed E-state index contributed by atoms with van der Waals surface area (Å²) in [6, 6.07) is -0.407. The fourth-order valence-electron chi connectivity index (χ4n) is 5.14. The number of hydrogen-bond donors (Lipinski definition) is 2. The van der Waals surface area contributed by atoms with E-state index in [1.807, 2.05) is 0 Å². The second kappa shape index (κ2) is 6.90. The number of carbonyl (C=O) groups is 2. The number of nitrogens with one attached hydrogen (secondary N) is 1. The van der Waals surface area contributed by atoms with Crippen molar-refractivity contribution in [2.75, 3.05) is 19.6 Å². The number of rotatable bonds is 2. The van der Waals surface area contributed by atoms with Crippen LogP contribution >= 0.6 is 0 Å². The highest BCUT2D eigenvalue weighted by Crippen LogP contribution is 2.42. The van der Waals surface area contributed by atoms with E-state index in [1.165, 1.54) is 12.8 Å². The zero-order valence-corrected chi connectivity index (χ0v) is 16.0. The van der Waals surface area contributed by atoms with E-state index >= 15 is 0 Å². The van der Waals surface area contributed by atoms with Crippen molar-refractivity contribution in [2.24, 2.45) is 22.7 Å². The Hall–Kier alpha value is -1.10. The maximum Gasteiger partial charge on any atom is 0.320 e. The first-order valence-corrected chi connectivity index (χ1v) is 9.95. The molecule has 1 unspecified atom stereocenters. The van der Waals surface area contributed by atoms with Crippen molar-refractivity contribution in [3.8, 4) is 0 Å². The lowest BCUT2D eigenvalue weighted by atomic mass is 9.69. The molecular weight excluding hydrogens is 316 g/mol. The van der Waals surface area contributed by atoms with Crippen molar-refractivity contribution in [3.05, 3.63) is 0 Å². The Labute approximate surface area is 151 Å². The van der Waals surface area contributed by atoms with Gasteiger partial charge in [0, 0.05) is 25.6 Å². The summed E-state index contributed by atoms with van der Waals surface area (Å²) in [6.07, 6.45) is 6.99. The SMILES string of the molecule is CC(C)(C)C1CCC(C(=O)N2CCC3(CC2)CNC(C(=O)O)C3)CC1. The highest BCUT2D eigenvalue weighted by molar-refractivity contribution is 5.79. The molecule has 0 bridgehead atoms. The zero-order chi connectivity index (χ0) is 18.2. The lowest BCUT2D eigenvalue weighted by Crippen LogP contribution is -2.46. The van der Waals surface area contributed by atoms with Crippen LogP contribution in [0.5, 0.6) is 0 Å². The molecule has 2 saturated heterocycles. The average Bonchev–Trinajstić information content (AvgIpc) is 2.98. The average molecular weight is 351 g/mol. The molecule has 2 N–H and O–H groups in total. The van der Waals surface area contributed by atoms with Crippen molar-refractivity contribution in [1.82, 2.24) is 10.2 Å². The fraction of sp³-hybridized carbons (Fsp3) is 0.900. The summed E-state index contributed by atoms with van der Waals surface area (Å²) < 4.78 is 0. The van der Waals surface area contributed by atoms with Gasteiger partial charge in [-0.05, 0) is 61.7 Å². The van der Waals surface area contributed by atoms with Crippen molar-refractivity contribution < 1.29 is 14.7 Å². The molecule has 5 heteroatoms. The number of carboxylic acid groups (broad SMARTS) is 1. The van der Waals surface area contributed by atoms with E-state index in [-0.39, 0.29) is 11.3 Å². The number of amides is 1. The number of likely N-dealkylation sites (tertiary alicyclic amines) is 1. The van der Waals surface area contributed by atoms with Gasteiger partial charge < -0.3 is 15.3 Å². The van der Waals surface area contributed by atoms with Gasteiger partial charge in [0.25, 0.3) is 0 Å². The van der Waals surface area contributed by atoms with Crippen LogP contribution in [0.4, 0.5) is 0 Å². The Morgan fingerprint density at radius 3 is 2.16 bits per heavy atom. The van der Waals surface area contributed by atoms with Crippen LogP contribution < -0.4 is 5.32 Å². The van der Waals surface area contributed by atoms with E-state index < -0.39 is 12.0 Å². The minimum Gasteiger partial charge on any atom is -0.480 e. The number of hydrogen-bond acceptors (Lipinski definition) is 3. The third-order valence-corrected chi connectivity index (χ3v) is 7.10. The number of carboxylic acids is 1. The third-order valence-electron chi connectivity index (χ3n) is 7.10. The summed E-state index contributed by atoms with van der Waals surface area (Å²) in [6.45, 7) is 9.30. The Bertz CT molecular complexity index is 510. The number of carbonyl (C=O) groups excluding carboxylic acids is 1. The molecular formula is C20H34N2O3. The topological polar surface area (TPSA) is 69.6 Å². The van der Waals surface area contributed by atoms with E-state index in [9.17, 15) is 14.7 Å². The van der Waals surface area contributed by atoms with Gasteiger partial charge in [0.2, 0.25) is 5.91 Å². The fourth-order valence-corrected chi connectivity index (χ4v) is 5.14. The van der Waals surface area contributed by atoms with Gasteiger partial charge in [-0.25, -0.2) is 0 Å². The summed E-state index contributed by atoms with van der Waals surface area (Å²) in [5, 5.41) is 12.3. The van der Waals surface area contributed by atoms with Crippen LogP contribution in [-0.2, 0) is 9.59 Å². The summed E-state index contributed by atoms with van der Waals surface area (Å²) in [5.41, 5.74) is 0.436. The van der Waals surface area contributed by atoms with E-state index in [2.05, 4.69) is 31.0 Å². The zero-order valence-electron chi connectivity index (χ0n) is 16.0. The standard InChI is InChI=1S/C20H34N2O3/c1-19(2,3)15-6-4-14(5-7-15)17(23)22-10-8-20(9-11-22)12-16(18(24)25)21-13-20/h14-16,21H,4-13H2,1-3H3,(H,24,25). The molecule has 1 atom stereocenters. The second-order valence-electron chi connectivity index (χ2n) is 9.72. The Balaban J connectivity index is 1.49. The molecule has 1 spiro atoms. The Kier molecular flexibility index (Phi) is 5.16. The highest BCUT2D eigenvalue weighted by atomic mass is 16.4. The smallest absolute Gasteiger partial charge is 0.320 e. The molecule has 5 nitrogen and oxygen atoms in total. The summed E-state index contributed by atoms with van der Waals surface area (Å²) in [5.74, 6) is 0.550. The van der Waals surface area contributed by atoms with Crippen LogP contribution in [0, 0.1) is 22.7 Å². The molecule has 25 heavy (non-hydrogen) atoms. The Morgan fingerprint density at radius 1 is 1.08 bits per heavy atom. The van der Waals surface area contributed by atoms with Gasteiger partial charge in [-0.3, -0.25) is 9.59 Å². The summed E-state index contributed by atoms with van der Waals surface area (Å²) in [4.78, 5) is 26.1. The van der Waals surface area contributed by atoms with Gasteiger partial charge in [-0.1, -0.05) is 20.8 Å². The molecule has 3 rings (SSSR count). The van der Waals surface area contributed by atoms with Crippen molar-refractivity contribution in [1.29, 1.82) is 0 Å². The second-order valence-corrected chi connectivity index (χ2v) is 9.72. The maximum absolute atomic E-state index is 12.9. The molecule has 0 radical (unpaired) electrons. The minimum absolute atomic E-state index is 0.0870. The number of aliphatic carboxylic acids is 1. The number of piperidine rings is 1. The van der Waals surface area contributed by atoms with Crippen LogP contribution in [0.3, 0.4) is 0 Å². The van der Waals surface area contributed by atoms with Crippen molar-refractivity contribution in [2.45, 2.75) is 71.8 Å². The molecule has 0 aromatic carbocycles. The predicted molar refractivity (Wildman–Crippen MR) is 97.2 cm³/mol. The Morgan fingerprint density at radius 2 is 1.68 bits per heavy atom. The first-order valence-electron chi connectivity index (χ1n) is 9.95. The van der Waals surface area contributed by atoms with E-state index in [1.54, 1.807) is 0 Å². The molecule has 3 aliphatic rings. The quantitative estimate of drug-likeness (QED) is 0.803. The van der Waals surface area contributed by atoms with Crippen LogP contribution in [0.25, 0.3) is 0 Å². The van der Waals surface area contributed by atoms with Gasteiger partial charge in [0.15, 0.2) is 0 Å². The molecule has 2 heterocycles. The van der Waals surface area contributed by atoms with E-state index in [4.69, 9.17) is 0 Å². The van der Waals surface area contributed by atoms with Gasteiger partial charge in [0.05, 0.1) is 0 Å². The first-order chi connectivity index (χ1) is 11.7. The normalized spacial score (nSPS) is 32.8. The van der Waals surface area contributed by atoms with Crippen LogP contribution in [-0.4, -0.2) is 47.6 Å². The minimum atomic E-state index is -0.744. The molecule has 0 aromatic heterocycles. The largest absolute Gasteiger partial charge is 0.480 e. The summed E-state index contributed by atoms with van der Waals surface area (Å²) >= 11 is 0. The first kappa shape index (κ1) is 18.7. The lowest BCUT2D eigenvalue weighted by molar-refractivity contribution is -0.141. The molecule has 1 saturated carbocycles. The summed E-state index contributed by atoms with van der Waals surface area (Å²) in [7, 11) is 0. The van der Waals surface area contributed by atoms with Crippen molar-refractivity contribution in [3.63, 3.8) is 0 Å². The van der Waals surface area contributed by atoms with Crippen molar-refractivity contribution >= 4 is 11.9 Å². The highest BCUT2D eigenvalue weighted by Gasteiger charge is 2.45. The molecule has 1 amide bonds. The molecule has 0 aromatic rings. The monoisotopic (exact) mass is 350 g/mol. The molecule has 142 valence electrons. The van der Waals surface area contributed by atoms with Gasteiger partial charge in [0.1, 0.15) is 6.04 Å². The van der Waals surface area contributed by atoms with Gasteiger partial charge in [-0.2, -0.15) is 0 Å². The van der Waals surface area contributed by atoms with Gasteiger partial charge in [-0.15, -0.1) is 0 Å². The predicted octanol–water partition coefficient (Wildman–Crippen LogP) is 2.89. The van der Waals surface area contributed by atoms with Gasteiger partial charge >= 0.3 is 5.97 Å². The van der Waals surface area contributed by atoms with E-state index in [0.717, 1.165) is 51.2 Å². The maximum atomic E-state index is 12.9. The van der Waals surface area contributed by atoms with Crippen LogP contribution in [0.15, 0.2) is 0 Å². The molecule has 1 aliphatic carbocycles. The number of nitrogens with zero attached hydrogens (tertiary/aromatic N) is 1. The van der Waals surface area contributed by atoms with Crippen LogP contribution in [0.2, 0.25) is 0 Å². The third kappa shape index (κ3) is 4.02. The van der Waals surface area contributed by atoms with E-state index in [0.29, 0.717) is 17.7 Å². The lowest BCUT2D eigenvalue weighted by Gasteiger charge is -2.42. The molecule has 3 fully saturated rings. The molecule has 2 aliphatic heterocycles.